The van der Waals surface area contributed by atoms with E-state index in [-0.39, 0.29) is 5.92 Å². The Morgan fingerprint density at radius 2 is 2.30 bits per heavy atom. The lowest BCUT2D eigenvalue weighted by Crippen LogP contribution is -2.29. The second-order valence-corrected chi connectivity index (χ2v) is 6.32. The normalized spacial score (nSPS) is 18.6. The number of rotatable bonds is 4. The van der Waals surface area contributed by atoms with Gasteiger partial charge < -0.3 is 9.42 Å². The Balaban J connectivity index is 1.58. The van der Waals surface area contributed by atoms with Gasteiger partial charge in [-0.05, 0) is 17.9 Å². The number of nitrogens with zero attached hydrogens (tertiary/aromatic N) is 3. The smallest absolute Gasteiger partial charge is 0.342 e. The number of hydrogen-bond donors (Lipinski definition) is 0. The molecule has 0 aromatic carbocycles. The minimum absolute atomic E-state index is 0.119. The fourth-order valence-electron chi connectivity index (χ4n) is 2.50. The van der Waals surface area contributed by atoms with E-state index in [1.165, 1.54) is 16.2 Å². The third kappa shape index (κ3) is 3.90. The van der Waals surface area contributed by atoms with Gasteiger partial charge in [0.25, 0.3) is 0 Å². The molecular formula is C14H14F3N3O2S. The highest BCUT2D eigenvalue weighted by molar-refractivity contribution is 7.13. The number of carbonyl (C=O) groups is 1. The molecule has 124 valence electrons. The topological polar surface area (TPSA) is 59.2 Å². The van der Waals surface area contributed by atoms with Gasteiger partial charge in [0.15, 0.2) is 0 Å². The maximum Gasteiger partial charge on any atom is 0.389 e. The Kier molecular flexibility index (Phi) is 4.38. The lowest BCUT2D eigenvalue weighted by atomic mass is 10.1. The fourth-order valence-corrected chi connectivity index (χ4v) is 3.15. The zero-order valence-corrected chi connectivity index (χ0v) is 12.9. The zero-order chi connectivity index (χ0) is 16.4. The van der Waals surface area contributed by atoms with Crippen LogP contribution in [0.1, 0.15) is 31.1 Å². The summed E-state index contributed by atoms with van der Waals surface area (Å²) in [5, 5.41) is 5.82. The summed E-state index contributed by atoms with van der Waals surface area (Å²) < 4.78 is 41.8. The highest BCUT2D eigenvalue weighted by Crippen LogP contribution is 2.30. The van der Waals surface area contributed by atoms with Crippen LogP contribution in [-0.2, 0) is 4.79 Å². The Morgan fingerprint density at radius 1 is 1.48 bits per heavy atom. The van der Waals surface area contributed by atoms with E-state index in [0.717, 1.165) is 4.88 Å². The number of halogens is 3. The molecule has 1 amide bonds. The van der Waals surface area contributed by atoms with Gasteiger partial charge >= 0.3 is 6.18 Å². The van der Waals surface area contributed by atoms with Crippen molar-refractivity contribution in [3.05, 3.63) is 23.4 Å². The quantitative estimate of drug-likeness (QED) is 0.851. The summed E-state index contributed by atoms with van der Waals surface area (Å²) in [6, 6.07) is 3.76. The van der Waals surface area contributed by atoms with Crippen molar-refractivity contribution in [2.75, 3.05) is 13.1 Å². The molecule has 3 rings (SSSR count). The average Bonchev–Trinajstić information content (AvgIpc) is 3.22. The molecule has 9 heteroatoms. The third-order valence-electron chi connectivity index (χ3n) is 3.70. The molecule has 1 aliphatic rings. The number of hydrogen-bond acceptors (Lipinski definition) is 5. The van der Waals surface area contributed by atoms with Crippen molar-refractivity contribution >= 4 is 17.2 Å². The predicted molar refractivity (Wildman–Crippen MR) is 76.8 cm³/mol. The maximum atomic E-state index is 12.2. The van der Waals surface area contributed by atoms with Crippen molar-refractivity contribution in [1.29, 1.82) is 0 Å². The van der Waals surface area contributed by atoms with Crippen LogP contribution in [0.3, 0.4) is 0 Å². The van der Waals surface area contributed by atoms with Crippen LogP contribution < -0.4 is 0 Å². The standard InChI is InChI=1S/C14H14F3N3O2S/c15-14(16,17)5-3-11(21)20-6-4-9(8-20)13-18-12(19-22-13)10-2-1-7-23-10/h1-2,7,9H,3-6,8H2/t9-/m0/s1. The fraction of sp³-hybridized carbons (Fsp3) is 0.500. The van der Waals surface area contributed by atoms with E-state index in [1.54, 1.807) is 0 Å². The molecule has 0 saturated carbocycles. The van der Waals surface area contributed by atoms with E-state index in [1.807, 2.05) is 17.5 Å². The molecule has 5 nitrogen and oxygen atoms in total. The van der Waals surface area contributed by atoms with Crippen LogP contribution >= 0.6 is 11.3 Å². The van der Waals surface area contributed by atoms with Crippen LogP contribution in [0.25, 0.3) is 10.7 Å². The number of thiophene rings is 1. The minimum Gasteiger partial charge on any atom is -0.342 e. The summed E-state index contributed by atoms with van der Waals surface area (Å²) in [6.07, 6.45) is -5.29. The summed E-state index contributed by atoms with van der Waals surface area (Å²) in [4.78, 5) is 18.5. The van der Waals surface area contributed by atoms with Gasteiger partial charge in [0.05, 0.1) is 17.2 Å². The molecule has 23 heavy (non-hydrogen) atoms. The van der Waals surface area contributed by atoms with Gasteiger partial charge in [-0.1, -0.05) is 11.2 Å². The Morgan fingerprint density at radius 3 is 3.00 bits per heavy atom. The molecule has 2 aromatic rings. The highest BCUT2D eigenvalue weighted by Gasteiger charge is 2.34. The van der Waals surface area contributed by atoms with Crippen molar-refractivity contribution in [2.24, 2.45) is 0 Å². The first-order chi connectivity index (χ1) is 10.9. The number of carbonyl (C=O) groups excluding carboxylic acids is 1. The van der Waals surface area contributed by atoms with Gasteiger partial charge in [0, 0.05) is 19.5 Å². The summed E-state index contributed by atoms with van der Waals surface area (Å²) in [5.41, 5.74) is 0. The van der Waals surface area contributed by atoms with Crippen molar-refractivity contribution in [3.63, 3.8) is 0 Å². The van der Waals surface area contributed by atoms with Crippen LogP contribution in [0.5, 0.6) is 0 Å². The second kappa shape index (κ2) is 6.31. The number of likely N-dealkylation sites (tertiary alicyclic amines) is 1. The molecule has 1 aliphatic heterocycles. The highest BCUT2D eigenvalue weighted by atomic mass is 32.1. The van der Waals surface area contributed by atoms with Crippen LogP contribution in [0.4, 0.5) is 13.2 Å². The first-order valence-corrected chi connectivity index (χ1v) is 8.02. The van der Waals surface area contributed by atoms with Gasteiger partial charge in [-0.2, -0.15) is 18.2 Å². The van der Waals surface area contributed by atoms with Crippen molar-refractivity contribution in [2.45, 2.75) is 31.4 Å². The number of alkyl halides is 3. The SMILES string of the molecule is O=C(CCC(F)(F)F)N1CC[C@H](c2nc(-c3cccs3)no2)C1. The van der Waals surface area contributed by atoms with E-state index in [2.05, 4.69) is 10.1 Å². The van der Waals surface area contributed by atoms with Crippen LogP contribution in [0.2, 0.25) is 0 Å². The van der Waals surface area contributed by atoms with Gasteiger partial charge in [-0.3, -0.25) is 4.79 Å². The first kappa shape index (κ1) is 16.0. The molecule has 3 heterocycles. The van der Waals surface area contributed by atoms with Gasteiger partial charge in [0.2, 0.25) is 17.6 Å². The van der Waals surface area contributed by atoms with E-state index in [0.29, 0.717) is 31.2 Å². The first-order valence-electron chi connectivity index (χ1n) is 7.14. The number of amides is 1. The van der Waals surface area contributed by atoms with Crippen molar-refractivity contribution in [3.8, 4) is 10.7 Å². The predicted octanol–water partition coefficient (Wildman–Crippen LogP) is 3.46. The molecule has 0 spiro atoms. The Labute approximate surface area is 134 Å². The van der Waals surface area contributed by atoms with E-state index in [4.69, 9.17) is 4.52 Å². The maximum absolute atomic E-state index is 12.2. The second-order valence-electron chi connectivity index (χ2n) is 5.37. The molecule has 1 fully saturated rings. The lowest BCUT2D eigenvalue weighted by Gasteiger charge is -2.16. The minimum atomic E-state index is -4.31. The largest absolute Gasteiger partial charge is 0.389 e. The summed E-state index contributed by atoms with van der Waals surface area (Å²) in [5.74, 6) is 0.324. The Hall–Kier alpha value is -1.90. The van der Waals surface area contributed by atoms with Crippen LogP contribution in [0.15, 0.2) is 22.0 Å². The molecule has 1 atom stereocenters. The van der Waals surface area contributed by atoms with Crippen molar-refractivity contribution < 1.29 is 22.5 Å². The van der Waals surface area contributed by atoms with Crippen molar-refractivity contribution in [1.82, 2.24) is 15.0 Å². The molecule has 0 radical (unpaired) electrons. The summed E-state index contributed by atoms with van der Waals surface area (Å²) >= 11 is 1.49. The van der Waals surface area contributed by atoms with E-state index >= 15 is 0 Å². The molecule has 0 N–H and O–H groups in total. The summed E-state index contributed by atoms with van der Waals surface area (Å²) in [6.45, 7) is 0.737. The molecule has 1 saturated heterocycles. The molecular weight excluding hydrogens is 331 g/mol. The average molecular weight is 345 g/mol. The Bertz CT molecular complexity index is 669. The molecule has 0 bridgehead atoms. The molecule has 0 unspecified atom stereocenters. The number of aromatic nitrogens is 2. The molecule has 2 aromatic heterocycles. The molecule has 0 aliphatic carbocycles. The van der Waals surface area contributed by atoms with E-state index < -0.39 is 24.9 Å². The lowest BCUT2D eigenvalue weighted by molar-refractivity contribution is -0.148. The van der Waals surface area contributed by atoms with Gasteiger partial charge in [0.1, 0.15) is 0 Å². The summed E-state index contributed by atoms with van der Waals surface area (Å²) in [7, 11) is 0. The zero-order valence-electron chi connectivity index (χ0n) is 12.0. The van der Waals surface area contributed by atoms with Crippen LogP contribution in [0, 0.1) is 0 Å². The monoisotopic (exact) mass is 345 g/mol. The van der Waals surface area contributed by atoms with Gasteiger partial charge in [-0.25, -0.2) is 0 Å². The van der Waals surface area contributed by atoms with E-state index in [9.17, 15) is 18.0 Å². The third-order valence-corrected chi connectivity index (χ3v) is 4.56. The van der Waals surface area contributed by atoms with Crippen LogP contribution in [-0.4, -0.2) is 40.2 Å². The van der Waals surface area contributed by atoms with Gasteiger partial charge in [-0.15, -0.1) is 11.3 Å².